The molecule has 1 saturated heterocycles. The lowest BCUT2D eigenvalue weighted by Crippen LogP contribution is -2.44. The number of carbonyl (C=O) groups is 1. The molecule has 1 aliphatic rings. The zero-order chi connectivity index (χ0) is 21.7. The van der Waals surface area contributed by atoms with E-state index in [2.05, 4.69) is 15.2 Å². The van der Waals surface area contributed by atoms with Crippen molar-refractivity contribution in [2.75, 3.05) is 36.4 Å². The number of alkyl halides is 3. The van der Waals surface area contributed by atoms with Crippen molar-refractivity contribution < 1.29 is 18.0 Å². The summed E-state index contributed by atoms with van der Waals surface area (Å²) < 4.78 is 38.9. The lowest BCUT2D eigenvalue weighted by Gasteiger charge is -2.34. The number of nitrogens with one attached hydrogen (secondary N) is 1. The van der Waals surface area contributed by atoms with Crippen LogP contribution in [0.4, 0.5) is 24.7 Å². The summed E-state index contributed by atoms with van der Waals surface area (Å²) >= 11 is 5.58. The van der Waals surface area contributed by atoms with Gasteiger partial charge in [0.15, 0.2) is 0 Å². The summed E-state index contributed by atoms with van der Waals surface area (Å²) in [5.41, 5.74) is -1.36. The Morgan fingerprint density at radius 3 is 2.53 bits per heavy atom. The van der Waals surface area contributed by atoms with Gasteiger partial charge in [0.25, 0.3) is 5.91 Å². The maximum atomic E-state index is 13.0. The average Bonchev–Trinajstić information content (AvgIpc) is 2.73. The molecule has 0 unspecified atom stereocenters. The lowest BCUT2D eigenvalue weighted by atomic mass is 10.2. The molecule has 3 rings (SSSR count). The van der Waals surface area contributed by atoms with Crippen LogP contribution >= 0.6 is 11.6 Å². The van der Waals surface area contributed by atoms with Gasteiger partial charge in [-0.05, 0) is 30.3 Å². The molecule has 0 radical (unpaired) electrons. The molecule has 0 atom stereocenters. The highest BCUT2D eigenvalue weighted by molar-refractivity contribution is 6.31. The summed E-state index contributed by atoms with van der Waals surface area (Å²) in [5.74, 6) is 0.0580. The second-order valence-corrected chi connectivity index (χ2v) is 6.92. The number of nitriles is 1. The van der Waals surface area contributed by atoms with Gasteiger partial charge in [0.2, 0.25) is 0 Å². The van der Waals surface area contributed by atoms with Crippen molar-refractivity contribution >= 4 is 29.0 Å². The molecule has 0 aliphatic carbocycles. The average molecular weight is 436 g/mol. The number of benzene rings is 1. The molecule has 156 valence electrons. The predicted octanol–water partition coefficient (Wildman–Crippen LogP) is 3.92. The van der Waals surface area contributed by atoms with Gasteiger partial charge in [0.1, 0.15) is 17.5 Å². The minimum absolute atomic E-state index is 0.0992. The maximum Gasteiger partial charge on any atom is 0.417 e. The largest absolute Gasteiger partial charge is 0.417 e. The number of nitrogens with zero attached hydrogens (tertiary/aromatic N) is 4. The number of aromatic nitrogens is 1. The second kappa shape index (κ2) is 9.05. The third kappa shape index (κ3) is 5.21. The molecular formula is C20H17ClF3N5O. The molecule has 1 aromatic heterocycles. The highest BCUT2D eigenvalue weighted by Crippen LogP contribution is 2.36. The Morgan fingerprint density at radius 1 is 1.20 bits per heavy atom. The number of amides is 1. The van der Waals surface area contributed by atoms with E-state index in [1.165, 1.54) is 12.3 Å². The van der Waals surface area contributed by atoms with Crippen LogP contribution in [0, 0.1) is 11.3 Å². The van der Waals surface area contributed by atoms with Crippen LogP contribution in [0.15, 0.2) is 54.4 Å². The first-order valence-electron chi connectivity index (χ1n) is 8.98. The SMILES string of the molecule is N#C/C(=C/N1CCN(c2ccccn2)CC1)C(=O)Nc1ccc(Cl)c(C(F)(F)F)c1. The number of hydrogen-bond donors (Lipinski definition) is 1. The van der Waals surface area contributed by atoms with Gasteiger partial charge in [0.05, 0.1) is 10.6 Å². The predicted molar refractivity (Wildman–Crippen MR) is 107 cm³/mol. The van der Waals surface area contributed by atoms with E-state index in [-0.39, 0.29) is 11.3 Å². The van der Waals surface area contributed by atoms with Gasteiger partial charge in [-0.3, -0.25) is 4.79 Å². The number of halogens is 4. The monoisotopic (exact) mass is 435 g/mol. The Morgan fingerprint density at radius 2 is 1.93 bits per heavy atom. The van der Waals surface area contributed by atoms with Crippen molar-refractivity contribution in [3.05, 3.63) is 65.0 Å². The fourth-order valence-corrected chi connectivity index (χ4v) is 3.19. The van der Waals surface area contributed by atoms with E-state index in [1.807, 2.05) is 23.1 Å². The van der Waals surface area contributed by atoms with Crippen LogP contribution in [0.25, 0.3) is 0 Å². The highest BCUT2D eigenvalue weighted by atomic mass is 35.5. The molecule has 10 heteroatoms. The summed E-state index contributed by atoms with van der Waals surface area (Å²) in [6, 6.07) is 10.5. The maximum absolute atomic E-state index is 13.0. The zero-order valence-corrected chi connectivity index (χ0v) is 16.4. The van der Waals surface area contributed by atoms with Crippen molar-refractivity contribution in [3.8, 4) is 6.07 Å². The minimum atomic E-state index is -4.65. The van der Waals surface area contributed by atoms with Crippen molar-refractivity contribution in [2.45, 2.75) is 6.18 Å². The first-order chi connectivity index (χ1) is 14.3. The second-order valence-electron chi connectivity index (χ2n) is 6.51. The number of anilines is 2. The van der Waals surface area contributed by atoms with E-state index in [4.69, 9.17) is 11.6 Å². The van der Waals surface area contributed by atoms with Gasteiger partial charge < -0.3 is 15.1 Å². The molecule has 0 bridgehead atoms. The molecule has 1 aliphatic heterocycles. The van der Waals surface area contributed by atoms with E-state index in [1.54, 1.807) is 12.3 Å². The van der Waals surface area contributed by atoms with E-state index in [0.29, 0.717) is 26.2 Å². The quantitative estimate of drug-likeness (QED) is 0.582. The van der Waals surface area contributed by atoms with Gasteiger partial charge in [-0.25, -0.2) is 4.98 Å². The summed E-state index contributed by atoms with van der Waals surface area (Å²) in [6.07, 6.45) is -1.52. The molecule has 1 amide bonds. The van der Waals surface area contributed by atoms with Gasteiger partial charge in [-0.2, -0.15) is 18.4 Å². The molecule has 0 spiro atoms. The Kier molecular flexibility index (Phi) is 6.47. The van der Waals surface area contributed by atoms with Gasteiger partial charge in [-0.1, -0.05) is 17.7 Å². The molecule has 1 N–H and O–H groups in total. The first-order valence-corrected chi connectivity index (χ1v) is 9.36. The van der Waals surface area contributed by atoms with Crippen LogP contribution in [0.1, 0.15) is 5.56 Å². The number of hydrogen-bond acceptors (Lipinski definition) is 5. The molecule has 30 heavy (non-hydrogen) atoms. The minimum Gasteiger partial charge on any atom is -0.373 e. The Bertz CT molecular complexity index is 980. The molecule has 6 nitrogen and oxygen atoms in total. The number of carbonyl (C=O) groups excluding carboxylic acids is 1. The van der Waals surface area contributed by atoms with Crippen LogP contribution in [0.2, 0.25) is 5.02 Å². The third-order valence-corrected chi connectivity index (χ3v) is 4.82. The molecule has 1 aromatic carbocycles. The van der Waals surface area contributed by atoms with Crippen LogP contribution in [0.3, 0.4) is 0 Å². The normalized spacial score (nSPS) is 15.0. The Balaban J connectivity index is 1.66. The number of rotatable bonds is 4. The van der Waals surface area contributed by atoms with Gasteiger partial charge in [-0.15, -0.1) is 0 Å². The Hall–Kier alpha value is -3.25. The van der Waals surface area contributed by atoms with Crippen molar-refractivity contribution in [1.29, 1.82) is 5.26 Å². The zero-order valence-electron chi connectivity index (χ0n) is 15.7. The van der Waals surface area contributed by atoms with E-state index < -0.39 is 22.7 Å². The molecule has 2 aromatic rings. The molecule has 1 fully saturated rings. The van der Waals surface area contributed by atoms with Crippen LogP contribution in [0.5, 0.6) is 0 Å². The lowest BCUT2D eigenvalue weighted by molar-refractivity contribution is -0.137. The van der Waals surface area contributed by atoms with Crippen LogP contribution in [-0.4, -0.2) is 42.0 Å². The fourth-order valence-electron chi connectivity index (χ4n) is 2.96. The fraction of sp³-hybridized carbons (Fsp3) is 0.250. The van der Waals surface area contributed by atoms with E-state index >= 15 is 0 Å². The number of pyridine rings is 1. The molecule has 2 heterocycles. The third-order valence-electron chi connectivity index (χ3n) is 4.49. The van der Waals surface area contributed by atoms with Crippen molar-refractivity contribution in [3.63, 3.8) is 0 Å². The first kappa shape index (κ1) is 21.5. The topological polar surface area (TPSA) is 72.3 Å². The Labute approximate surface area is 176 Å². The molecule has 0 saturated carbocycles. The summed E-state index contributed by atoms with van der Waals surface area (Å²) in [4.78, 5) is 20.6. The highest BCUT2D eigenvalue weighted by Gasteiger charge is 2.33. The van der Waals surface area contributed by atoms with Crippen LogP contribution in [-0.2, 0) is 11.0 Å². The van der Waals surface area contributed by atoms with Crippen molar-refractivity contribution in [2.24, 2.45) is 0 Å². The van der Waals surface area contributed by atoms with Crippen LogP contribution < -0.4 is 10.2 Å². The summed E-state index contributed by atoms with van der Waals surface area (Å²) in [6.45, 7) is 2.43. The van der Waals surface area contributed by atoms with Crippen molar-refractivity contribution in [1.82, 2.24) is 9.88 Å². The van der Waals surface area contributed by atoms with Gasteiger partial charge in [0, 0.05) is 44.3 Å². The number of piperazine rings is 1. The van der Waals surface area contributed by atoms with Gasteiger partial charge >= 0.3 is 6.18 Å². The smallest absolute Gasteiger partial charge is 0.373 e. The summed E-state index contributed by atoms with van der Waals surface area (Å²) in [7, 11) is 0. The molecular weight excluding hydrogens is 419 g/mol. The summed E-state index contributed by atoms with van der Waals surface area (Å²) in [5, 5.41) is 11.2. The van der Waals surface area contributed by atoms with E-state index in [0.717, 1.165) is 18.0 Å². The standard InChI is InChI=1S/C20H17ClF3N5O/c21-17-5-4-15(11-16(17)20(22,23)24)27-19(30)14(12-25)13-28-7-9-29(10-8-28)18-3-1-2-6-26-18/h1-6,11,13H,7-10H2,(H,27,30)/b14-13-. The van der Waals surface area contributed by atoms with E-state index in [9.17, 15) is 23.2 Å².